The molecule has 0 spiro atoms. The maximum atomic E-state index is 11.6. The molecule has 2 aromatic rings. The van der Waals surface area contributed by atoms with Crippen molar-refractivity contribution in [3.8, 4) is 0 Å². The zero-order valence-electron chi connectivity index (χ0n) is 9.69. The molecule has 0 amide bonds. The Kier molecular flexibility index (Phi) is 4.42. The van der Waals surface area contributed by atoms with Gasteiger partial charge in [-0.15, -0.1) is 0 Å². The second-order valence-electron chi connectivity index (χ2n) is 4.09. The van der Waals surface area contributed by atoms with Crippen molar-refractivity contribution >= 4 is 27.0 Å². The predicted molar refractivity (Wildman–Crippen MR) is 72.7 cm³/mol. The van der Waals surface area contributed by atoms with Crippen LogP contribution in [0.3, 0.4) is 0 Å². The Labute approximate surface area is 109 Å². The summed E-state index contributed by atoms with van der Waals surface area (Å²) < 4.78 is 6.90. The van der Waals surface area contributed by atoms with Crippen LogP contribution in [-0.2, 0) is 6.54 Å². The number of alkyl halides is 1. The highest BCUT2D eigenvalue weighted by atomic mass is 79.9. The topological polar surface area (TPSA) is 35.1 Å². The van der Waals surface area contributed by atoms with Crippen molar-refractivity contribution in [3.63, 3.8) is 0 Å². The first kappa shape index (κ1) is 12.4. The molecule has 0 saturated heterocycles. The van der Waals surface area contributed by atoms with Gasteiger partial charge >= 0.3 is 5.76 Å². The van der Waals surface area contributed by atoms with Gasteiger partial charge in [-0.3, -0.25) is 4.57 Å². The Bertz CT molecular complexity index is 529. The quantitative estimate of drug-likeness (QED) is 0.604. The normalized spacial score (nSPS) is 11.1. The van der Waals surface area contributed by atoms with E-state index in [0.29, 0.717) is 5.58 Å². The summed E-state index contributed by atoms with van der Waals surface area (Å²) in [5, 5.41) is 1.06. The molecule has 92 valence electrons. The van der Waals surface area contributed by atoms with E-state index in [2.05, 4.69) is 15.9 Å². The van der Waals surface area contributed by atoms with Crippen LogP contribution in [0, 0.1) is 0 Å². The summed E-state index contributed by atoms with van der Waals surface area (Å²) in [5.74, 6) is -0.244. The van der Waals surface area contributed by atoms with Crippen LogP contribution >= 0.6 is 15.9 Å². The molecule has 0 saturated carbocycles. The fourth-order valence-corrected chi connectivity index (χ4v) is 2.34. The van der Waals surface area contributed by atoms with Crippen LogP contribution in [0.5, 0.6) is 0 Å². The Morgan fingerprint density at radius 1 is 1.12 bits per heavy atom. The Morgan fingerprint density at radius 2 is 1.88 bits per heavy atom. The lowest BCUT2D eigenvalue weighted by atomic mass is 10.2. The molecule has 2 rings (SSSR count). The first-order chi connectivity index (χ1) is 8.33. The molecule has 0 aliphatic heterocycles. The molecule has 3 nitrogen and oxygen atoms in total. The molecule has 1 heterocycles. The number of hydrogen-bond acceptors (Lipinski definition) is 2. The summed E-state index contributed by atoms with van der Waals surface area (Å²) >= 11 is 3.41. The third-order valence-electron chi connectivity index (χ3n) is 2.84. The molecule has 0 atom stereocenters. The first-order valence-corrected chi connectivity index (χ1v) is 7.09. The Morgan fingerprint density at radius 3 is 2.71 bits per heavy atom. The Balaban J connectivity index is 2.03. The van der Waals surface area contributed by atoms with Gasteiger partial charge in [-0.25, -0.2) is 4.79 Å². The van der Waals surface area contributed by atoms with Gasteiger partial charge in [-0.05, 0) is 25.0 Å². The van der Waals surface area contributed by atoms with Gasteiger partial charge in [0.2, 0.25) is 0 Å². The predicted octanol–water partition coefficient (Wildman–Crippen LogP) is 3.55. The zero-order valence-corrected chi connectivity index (χ0v) is 11.3. The monoisotopic (exact) mass is 297 g/mol. The number of fused-ring (bicyclic) bond motifs is 1. The van der Waals surface area contributed by atoms with Crippen molar-refractivity contribution in [1.82, 2.24) is 4.57 Å². The fourth-order valence-electron chi connectivity index (χ4n) is 1.94. The van der Waals surface area contributed by atoms with Crippen LogP contribution in [0.2, 0.25) is 0 Å². The van der Waals surface area contributed by atoms with E-state index in [0.717, 1.165) is 30.2 Å². The van der Waals surface area contributed by atoms with Crippen molar-refractivity contribution < 1.29 is 4.42 Å². The highest BCUT2D eigenvalue weighted by Crippen LogP contribution is 2.13. The number of unbranched alkanes of at least 4 members (excludes halogenated alkanes) is 3. The fraction of sp³-hybridized carbons (Fsp3) is 0.462. The van der Waals surface area contributed by atoms with Gasteiger partial charge < -0.3 is 4.42 Å². The lowest BCUT2D eigenvalue weighted by Crippen LogP contribution is -2.14. The van der Waals surface area contributed by atoms with Crippen molar-refractivity contribution in [2.45, 2.75) is 32.2 Å². The molecule has 1 aromatic carbocycles. The molecular weight excluding hydrogens is 282 g/mol. The van der Waals surface area contributed by atoms with Crippen molar-refractivity contribution in [2.24, 2.45) is 0 Å². The smallest absolute Gasteiger partial charge is 0.408 e. The van der Waals surface area contributed by atoms with Gasteiger partial charge in [0.15, 0.2) is 5.58 Å². The molecule has 17 heavy (non-hydrogen) atoms. The van der Waals surface area contributed by atoms with E-state index >= 15 is 0 Å². The van der Waals surface area contributed by atoms with E-state index in [9.17, 15) is 4.79 Å². The largest absolute Gasteiger partial charge is 0.419 e. The minimum absolute atomic E-state index is 0.244. The minimum Gasteiger partial charge on any atom is -0.408 e. The summed E-state index contributed by atoms with van der Waals surface area (Å²) in [4.78, 5) is 11.6. The van der Waals surface area contributed by atoms with Gasteiger partial charge in [-0.2, -0.15) is 0 Å². The standard InChI is InChI=1S/C13H16BrNO2/c14-9-5-1-2-6-10-15-11-7-3-4-8-12(11)17-13(15)16/h3-4,7-8H,1-2,5-6,9-10H2. The molecule has 0 radical (unpaired) electrons. The van der Waals surface area contributed by atoms with Crippen LogP contribution in [0.25, 0.3) is 11.1 Å². The average Bonchev–Trinajstić information content (AvgIpc) is 2.65. The van der Waals surface area contributed by atoms with Crippen LogP contribution in [-0.4, -0.2) is 9.90 Å². The number of aryl methyl sites for hydroxylation is 1. The highest BCUT2D eigenvalue weighted by Gasteiger charge is 2.07. The van der Waals surface area contributed by atoms with Gasteiger partial charge in [0, 0.05) is 11.9 Å². The number of benzene rings is 1. The molecule has 1 aromatic heterocycles. The molecule has 0 aliphatic carbocycles. The third-order valence-corrected chi connectivity index (χ3v) is 3.40. The van der Waals surface area contributed by atoms with Gasteiger partial charge in [0.25, 0.3) is 0 Å². The summed E-state index contributed by atoms with van der Waals surface area (Å²) in [6, 6.07) is 7.57. The lowest BCUT2D eigenvalue weighted by molar-refractivity contribution is 0.489. The molecule has 4 heteroatoms. The van der Waals surface area contributed by atoms with E-state index in [4.69, 9.17) is 4.42 Å². The van der Waals surface area contributed by atoms with Crippen LogP contribution in [0.1, 0.15) is 25.7 Å². The van der Waals surface area contributed by atoms with Gasteiger partial charge in [-0.1, -0.05) is 40.9 Å². The number of oxazole rings is 1. The highest BCUT2D eigenvalue weighted by molar-refractivity contribution is 9.09. The molecule has 0 unspecified atom stereocenters. The van der Waals surface area contributed by atoms with Gasteiger partial charge in [0.1, 0.15) is 0 Å². The number of nitrogens with zero attached hydrogens (tertiary/aromatic N) is 1. The number of halogens is 1. The average molecular weight is 298 g/mol. The number of rotatable bonds is 6. The van der Waals surface area contributed by atoms with E-state index < -0.39 is 0 Å². The Hall–Kier alpha value is -1.03. The SMILES string of the molecule is O=c1oc2ccccc2n1CCCCCCBr. The van der Waals surface area contributed by atoms with E-state index in [1.165, 1.54) is 12.8 Å². The van der Waals surface area contributed by atoms with Crippen LogP contribution in [0.4, 0.5) is 0 Å². The summed E-state index contributed by atoms with van der Waals surface area (Å²) in [7, 11) is 0. The maximum Gasteiger partial charge on any atom is 0.419 e. The number of para-hydroxylation sites is 2. The van der Waals surface area contributed by atoms with Crippen LogP contribution in [0.15, 0.2) is 33.5 Å². The second-order valence-corrected chi connectivity index (χ2v) is 4.88. The van der Waals surface area contributed by atoms with Crippen molar-refractivity contribution in [1.29, 1.82) is 0 Å². The molecule has 0 N–H and O–H groups in total. The summed E-state index contributed by atoms with van der Waals surface area (Å²) in [5.41, 5.74) is 1.58. The molecule has 0 bridgehead atoms. The maximum absolute atomic E-state index is 11.6. The van der Waals surface area contributed by atoms with Crippen molar-refractivity contribution in [3.05, 3.63) is 34.8 Å². The number of aromatic nitrogens is 1. The lowest BCUT2D eigenvalue weighted by Gasteiger charge is -2.01. The summed E-state index contributed by atoms with van der Waals surface area (Å²) in [6.07, 6.45) is 4.57. The van der Waals surface area contributed by atoms with E-state index in [1.807, 2.05) is 24.3 Å². The third kappa shape index (κ3) is 3.00. The van der Waals surface area contributed by atoms with Crippen molar-refractivity contribution in [2.75, 3.05) is 5.33 Å². The molecular formula is C13H16BrNO2. The first-order valence-electron chi connectivity index (χ1n) is 5.97. The minimum atomic E-state index is -0.244. The molecule has 0 aliphatic rings. The molecule has 0 fully saturated rings. The van der Waals surface area contributed by atoms with E-state index in [-0.39, 0.29) is 5.76 Å². The second kappa shape index (κ2) is 6.05. The number of hydrogen-bond donors (Lipinski definition) is 0. The van der Waals surface area contributed by atoms with Crippen LogP contribution < -0.4 is 5.76 Å². The van der Waals surface area contributed by atoms with E-state index in [1.54, 1.807) is 4.57 Å². The van der Waals surface area contributed by atoms with Gasteiger partial charge in [0.05, 0.1) is 5.52 Å². The summed E-state index contributed by atoms with van der Waals surface area (Å²) in [6.45, 7) is 0.748. The zero-order chi connectivity index (χ0) is 12.1.